The van der Waals surface area contributed by atoms with Gasteiger partial charge in [0.2, 0.25) is 5.91 Å². The van der Waals surface area contributed by atoms with Crippen LogP contribution in [0.15, 0.2) is 23.3 Å². The molecule has 0 unspecified atom stereocenters. The Labute approximate surface area is 87.7 Å². The van der Waals surface area contributed by atoms with Crippen LogP contribution in [0, 0.1) is 6.92 Å². The van der Waals surface area contributed by atoms with Gasteiger partial charge in [0.15, 0.2) is 0 Å². The minimum atomic E-state index is -0.0591. The van der Waals surface area contributed by atoms with Gasteiger partial charge >= 0.3 is 0 Å². The van der Waals surface area contributed by atoms with E-state index in [0.29, 0.717) is 17.8 Å². The average Bonchev–Trinajstić information content (AvgIpc) is 2.23. The van der Waals surface area contributed by atoms with Crippen LogP contribution in [0.5, 0.6) is 0 Å². The Kier molecular flexibility index (Phi) is 3.71. The fourth-order valence-corrected chi connectivity index (χ4v) is 1.10. The Hall–Kier alpha value is -2.00. The summed E-state index contributed by atoms with van der Waals surface area (Å²) < 4.78 is 0. The minimum Gasteiger partial charge on any atom is -0.326 e. The van der Waals surface area contributed by atoms with Crippen LogP contribution in [-0.4, -0.2) is 5.91 Å². The molecular weight excluding hydrogens is 192 g/mol. The predicted octanol–water partition coefficient (Wildman–Crippen LogP) is 3.29. The van der Waals surface area contributed by atoms with Crippen LogP contribution in [0.4, 0.5) is 11.4 Å². The Balaban J connectivity index is 2.99. The lowest BCUT2D eigenvalue weighted by Gasteiger charge is -2.07. The van der Waals surface area contributed by atoms with Crippen LogP contribution in [-0.2, 0) is 4.79 Å². The van der Waals surface area contributed by atoms with Gasteiger partial charge in [-0.05, 0) is 24.1 Å². The molecule has 1 aromatic rings. The van der Waals surface area contributed by atoms with E-state index in [1.165, 1.54) is 0 Å². The van der Waals surface area contributed by atoms with E-state index in [-0.39, 0.29) is 5.91 Å². The summed E-state index contributed by atoms with van der Waals surface area (Å²) in [4.78, 5) is 13.9. The molecular formula is C10H12N4O. The molecule has 78 valence electrons. The smallest absolute Gasteiger partial charge is 0.224 e. The van der Waals surface area contributed by atoms with Crippen LogP contribution >= 0.6 is 0 Å². The third-order valence-corrected chi connectivity index (χ3v) is 1.98. The first-order valence-corrected chi connectivity index (χ1v) is 4.63. The molecule has 1 amide bonds. The Morgan fingerprint density at radius 2 is 2.33 bits per heavy atom. The molecule has 0 saturated heterocycles. The molecule has 1 N–H and O–H groups in total. The van der Waals surface area contributed by atoms with Crippen LogP contribution in [0.2, 0.25) is 0 Å². The monoisotopic (exact) mass is 204 g/mol. The normalized spacial score (nSPS) is 9.20. The third kappa shape index (κ3) is 3.00. The maximum atomic E-state index is 11.2. The summed E-state index contributed by atoms with van der Waals surface area (Å²) in [5, 5.41) is 6.21. The van der Waals surface area contributed by atoms with Gasteiger partial charge in [-0.1, -0.05) is 24.2 Å². The number of amides is 1. The van der Waals surface area contributed by atoms with E-state index in [0.717, 1.165) is 5.56 Å². The summed E-state index contributed by atoms with van der Waals surface area (Å²) in [6.45, 7) is 3.66. The van der Waals surface area contributed by atoms with Crippen molar-refractivity contribution in [2.24, 2.45) is 5.11 Å². The highest BCUT2D eigenvalue weighted by Gasteiger charge is 2.02. The highest BCUT2D eigenvalue weighted by molar-refractivity contribution is 5.91. The van der Waals surface area contributed by atoms with Crippen molar-refractivity contribution in [3.63, 3.8) is 0 Å². The number of nitrogens with one attached hydrogen (secondary N) is 1. The zero-order chi connectivity index (χ0) is 11.3. The number of rotatable bonds is 3. The molecule has 0 heterocycles. The summed E-state index contributed by atoms with van der Waals surface area (Å²) in [5.74, 6) is -0.0591. The Morgan fingerprint density at radius 1 is 1.60 bits per heavy atom. The van der Waals surface area contributed by atoms with E-state index in [9.17, 15) is 4.79 Å². The predicted molar refractivity (Wildman–Crippen MR) is 58.9 cm³/mol. The number of azide groups is 1. The molecule has 1 rings (SSSR count). The van der Waals surface area contributed by atoms with Crippen molar-refractivity contribution < 1.29 is 4.79 Å². The number of hydrogen-bond donors (Lipinski definition) is 1. The van der Waals surface area contributed by atoms with Crippen molar-refractivity contribution in [2.75, 3.05) is 5.32 Å². The molecule has 0 fully saturated rings. The molecule has 0 spiro atoms. The van der Waals surface area contributed by atoms with Crippen LogP contribution in [0.1, 0.15) is 18.9 Å². The zero-order valence-electron chi connectivity index (χ0n) is 8.69. The van der Waals surface area contributed by atoms with Crippen molar-refractivity contribution in [3.05, 3.63) is 34.2 Å². The van der Waals surface area contributed by atoms with E-state index in [2.05, 4.69) is 15.3 Å². The lowest BCUT2D eigenvalue weighted by atomic mass is 10.2. The van der Waals surface area contributed by atoms with E-state index >= 15 is 0 Å². The quantitative estimate of drug-likeness (QED) is 0.457. The van der Waals surface area contributed by atoms with E-state index in [1.807, 2.05) is 6.92 Å². The minimum absolute atomic E-state index is 0.0591. The van der Waals surface area contributed by atoms with Crippen molar-refractivity contribution in [3.8, 4) is 0 Å². The van der Waals surface area contributed by atoms with E-state index in [1.54, 1.807) is 25.1 Å². The maximum absolute atomic E-state index is 11.2. The standard InChI is InChI=1S/C10H12N4O/c1-3-10(15)12-9-6-8(13-14-11)5-4-7(9)2/h4-6H,3H2,1-2H3,(H,12,15). The fourth-order valence-electron chi connectivity index (χ4n) is 1.10. The molecule has 0 aromatic heterocycles. The summed E-state index contributed by atoms with van der Waals surface area (Å²) in [6, 6.07) is 5.16. The van der Waals surface area contributed by atoms with Gasteiger partial charge in [0.1, 0.15) is 0 Å². The molecule has 0 aliphatic rings. The van der Waals surface area contributed by atoms with Crippen molar-refractivity contribution in [2.45, 2.75) is 20.3 Å². The molecule has 0 bridgehead atoms. The zero-order valence-corrected chi connectivity index (χ0v) is 8.69. The molecule has 0 radical (unpaired) electrons. The topological polar surface area (TPSA) is 77.9 Å². The van der Waals surface area contributed by atoms with Crippen molar-refractivity contribution >= 4 is 17.3 Å². The number of carbonyl (C=O) groups excluding carboxylic acids is 1. The number of anilines is 1. The van der Waals surface area contributed by atoms with Gasteiger partial charge in [-0.2, -0.15) is 0 Å². The number of carbonyl (C=O) groups is 1. The van der Waals surface area contributed by atoms with Gasteiger partial charge in [-0.25, -0.2) is 0 Å². The molecule has 1 aromatic carbocycles. The number of benzene rings is 1. The second-order valence-corrected chi connectivity index (χ2v) is 3.09. The van der Waals surface area contributed by atoms with Gasteiger partial charge in [-0.15, -0.1) is 0 Å². The molecule has 0 aliphatic heterocycles. The maximum Gasteiger partial charge on any atom is 0.224 e. The number of aryl methyl sites for hydroxylation is 1. The van der Waals surface area contributed by atoms with Gasteiger partial charge in [-0.3, -0.25) is 4.79 Å². The lowest BCUT2D eigenvalue weighted by molar-refractivity contribution is -0.115. The second-order valence-electron chi connectivity index (χ2n) is 3.09. The van der Waals surface area contributed by atoms with E-state index < -0.39 is 0 Å². The van der Waals surface area contributed by atoms with Crippen LogP contribution < -0.4 is 5.32 Å². The first-order valence-electron chi connectivity index (χ1n) is 4.63. The third-order valence-electron chi connectivity index (χ3n) is 1.98. The van der Waals surface area contributed by atoms with E-state index in [4.69, 9.17) is 5.53 Å². The largest absolute Gasteiger partial charge is 0.326 e. The van der Waals surface area contributed by atoms with Crippen molar-refractivity contribution in [1.29, 1.82) is 0 Å². The van der Waals surface area contributed by atoms with Gasteiger partial charge in [0.25, 0.3) is 0 Å². The second kappa shape index (κ2) is 5.02. The Bertz CT molecular complexity index is 421. The molecule has 0 atom stereocenters. The molecule has 0 aliphatic carbocycles. The molecule has 15 heavy (non-hydrogen) atoms. The summed E-state index contributed by atoms with van der Waals surface area (Å²) in [6.07, 6.45) is 0.422. The fraction of sp³-hybridized carbons (Fsp3) is 0.300. The number of hydrogen-bond acceptors (Lipinski definition) is 2. The SMILES string of the molecule is CCC(=O)Nc1cc(N=[N+]=[N-])ccc1C. The highest BCUT2D eigenvalue weighted by atomic mass is 16.1. The summed E-state index contributed by atoms with van der Waals surface area (Å²) in [5.41, 5.74) is 10.4. The summed E-state index contributed by atoms with van der Waals surface area (Å²) >= 11 is 0. The summed E-state index contributed by atoms with van der Waals surface area (Å²) in [7, 11) is 0. The molecule has 5 nitrogen and oxygen atoms in total. The van der Waals surface area contributed by atoms with Gasteiger partial charge in [0, 0.05) is 22.7 Å². The first-order chi connectivity index (χ1) is 7.17. The van der Waals surface area contributed by atoms with Gasteiger partial charge in [0.05, 0.1) is 0 Å². The lowest BCUT2D eigenvalue weighted by Crippen LogP contribution is -2.10. The highest BCUT2D eigenvalue weighted by Crippen LogP contribution is 2.22. The molecule has 0 saturated carbocycles. The Morgan fingerprint density at radius 3 is 2.93 bits per heavy atom. The van der Waals surface area contributed by atoms with Gasteiger partial charge < -0.3 is 5.32 Å². The molecule has 5 heteroatoms. The van der Waals surface area contributed by atoms with Crippen LogP contribution in [0.25, 0.3) is 10.4 Å². The number of nitrogens with zero attached hydrogens (tertiary/aromatic N) is 3. The first kappa shape index (κ1) is 11.1. The van der Waals surface area contributed by atoms with Crippen molar-refractivity contribution in [1.82, 2.24) is 0 Å². The van der Waals surface area contributed by atoms with Crippen LogP contribution in [0.3, 0.4) is 0 Å². The average molecular weight is 204 g/mol.